The van der Waals surface area contributed by atoms with Gasteiger partial charge in [0.2, 0.25) is 17.8 Å². The average molecular weight is 496 g/mol. The molecule has 0 aliphatic carbocycles. The normalized spacial score (nSPS) is 13.9. The number of ether oxygens (including phenoxy) is 3. The Bertz CT molecular complexity index is 776. The predicted molar refractivity (Wildman–Crippen MR) is 124 cm³/mol. The SMILES string of the molecule is NCCOCCOCCNc1nc(NCc2ccc(Br)cc2)nc(N2CCOCC2)n1. The van der Waals surface area contributed by atoms with Gasteiger partial charge in [0.25, 0.3) is 0 Å². The highest BCUT2D eigenvalue weighted by molar-refractivity contribution is 9.10. The lowest BCUT2D eigenvalue weighted by atomic mass is 10.2. The first-order chi connectivity index (χ1) is 15.2. The number of nitrogens with two attached hydrogens (primary N) is 1. The molecule has 1 aliphatic rings. The van der Waals surface area contributed by atoms with E-state index in [4.69, 9.17) is 19.9 Å². The molecule has 170 valence electrons. The van der Waals surface area contributed by atoms with Gasteiger partial charge >= 0.3 is 0 Å². The van der Waals surface area contributed by atoms with Gasteiger partial charge in [-0.25, -0.2) is 0 Å². The topological polar surface area (TPSA) is 120 Å². The first-order valence-corrected chi connectivity index (χ1v) is 11.2. The third kappa shape index (κ3) is 8.54. The summed E-state index contributed by atoms with van der Waals surface area (Å²) in [6.45, 7) is 6.67. The van der Waals surface area contributed by atoms with Crippen molar-refractivity contribution >= 4 is 33.8 Å². The molecule has 0 spiro atoms. The zero-order valence-electron chi connectivity index (χ0n) is 17.6. The number of anilines is 3. The maximum Gasteiger partial charge on any atom is 0.232 e. The van der Waals surface area contributed by atoms with Gasteiger partial charge in [0.05, 0.1) is 39.6 Å². The number of nitrogens with one attached hydrogen (secondary N) is 2. The van der Waals surface area contributed by atoms with Crippen LogP contribution in [0.15, 0.2) is 28.7 Å². The van der Waals surface area contributed by atoms with E-state index in [1.165, 1.54) is 0 Å². The summed E-state index contributed by atoms with van der Waals surface area (Å²) in [5, 5.41) is 6.52. The van der Waals surface area contributed by atoms with Crippen molar-refractivity contribution in [1.82, 2.24) is 15.0 Å². The van der Waals surface area contributed by atoms with Crippen LogP contribution in [0.25, 0.3) is 0 Å². The van der Waals surface area contributed by atoms with Crippen LogP contribution in [0.4, 0.5) is 17.8 Å². The predicted octanol–water partition coefficient (Wildman–Crippen LogP) is 1.49. The van der Waals surface area contributed by atoms with Gasteiger partial charge in [-0.15, -0.1) is 0 Å². The Hall–Kier alpha value is -2.05. The molecule has 1 saturated heterocycles. The van der Waals surface area contributed by atoms with Gasteiger partial charge in [-0.3, -0.25) is 0 Å². The van der Waals surface area contributed by atoms with Gasteiger partial charge in [-0.1, -0.05) is 28.1 Å². The van der Waals surface area contributed by atoms with Crippen LogP contribution in [0.3, 0.4) is 0 Å². The highest BCUT2D eigenvalue weighted by atomic mass is 79.9. The lowest BCUT2D eigenvalue weighted by Gasteiger charge is -2.27. The molecule has 2 aromatic rings. The summed E-state index contributed by atoms with van der Waals surface area (Å²) in [5.74, 6) is 1.67. The van der Waals surface area contributed by atoms with Crippen molar-refractivity contribution in [3.63, 3.8) is 0 Å². The van der Waals surface area contributed by atoms with Gasteiger partial charge < -0.3 is 35.5 Å². The third-order valence-electron chi connectivity index (χ3n) is 4.45. The minimum absolute atomic E-state index is 0.512. The van der Waals surface area contributed by atoms with Gasteiger partial charge in [-0.05, 0) is 17.7 Å². The molecule has 11 heteroatoms. The van der Waals surface area contributed by atoms with E-state index in [0.29, 0.717) is 77.1 Å². The second kappa shape index (κ2) is 13.4. The van der Waals surface area contributed by atoms with Crippen molar-refractivity contribution in [2.24, 2.45) is 5.73 Å². The Kier molecular flexibility index (Phi) is 10.2. The molecular weight excluding hydrogens is 466 g/mol. The van der Waals surface area contributed by atoms with Crippen molar-refractivity contribution in [3.8, 4) is 0 Å². The van der Waals surface area contributed by atoms with Gasteiger partial charge in [-0.2, -0.15) is 15.0 Å². The summed E-state index contributed by atoms with van der Waals surface area (Å²) in [7, 11) is 0. The maximum atomic E-state index is 5.55. The zero-order valence-corrected chi connectivity index (χ0v) is 19.1. The smallest absolute Gasteiger partial charge is 0.232 e. The number of morpholine rings is 1. The number of halogens is 1. The monoisotopic (exact) mass is 495 g/mol. The number of aromatic nitrogens is 3. The largest absolute Gasteiger partial charge is 0.378 e. The van der Waals surface area contributed by atoms with Crippen molar-refractivity contribution in [2.45, 2.75) is 6.54 Å². The van der Waals surface area contributed by atoms with Crippen molar-refractivity contribution in [2.75, 3.05) is 81.4 Å². The molecule has 3 rings (SSSR count). The van der Waals surface area contributed by atoms with E-state index in [-0.39, 0.29) is 0 Å². The molecule has 0 atom stereocenters. The van der Waals surface area contributed by atoms with Crippen LogP contribution in [0.5, 0.6) is 0 Å². The Labute approximate surface area is 191 Å². The van der Waals surface area contributed by atoms with E-state index in [0.717, 1.165) is 23.1 Å². The summed E-state index contributed by atoms with van der Waals surface area (Å²) in [6.07, 6.45) is 0. The number of hydrogen-bond acceptors (Lipinski definition) is 10. The number of hydrogen-bond donors (Lipinski definition) is 3. The Balaban J connectivity index is 1.56. The molecule has 31 heavy (non-hydrogen) atoms. The van der Waals surface area contributed by atoms with Crippen LogP contribution in [-0.4, -0.2) is 80.8 Å². The highest BCUT2D eigenvalue weighted by Gasteiger charge is 2.16. The van der Waals surface area contributed by atoms with Gasteiger partial charge in [0.1, 0.15) is 0 Å². The number of benzene rings is 1. The minimum Gasteiger partial charge on any atom is -0.378 e. The first kappa shape index (κ1) is 23.6. The minimum atomic E-state index is 0.512. The molecule has 0 saturated carbocycles. The summed E-state index contributed by atoms with van der Waals surface area (Å²) < 4.78 is 17.3. The fraction of sp³-hybridized carbons (Fsp3) is 0.550. The van der Waals surface area contributed by atoms with E-state index < -0.39 is 0 Å². The number of nitrogens with zero attached hydrogens (tertiary/aromatic N) is 4. The molecule has 4 N–H and O–H groups in total. The maximum absolute atomic E-state index is 5.55. The highest BCUT2D eigenvalue weighted by Crippen LogP contribution is 2.16. The molecule has 0 amide bonds. The van der Waals surface area contributed by atoms with E-state index in [1.807, 2.05) is 12.1 Å². The number of rotatable bonds is 13. The lowest BCUT2D eigenvalue weighted by Crippen LogP contribution is -2.37. The van der Waals surface area contributed by atoms with E-state index in [9.17, 15) is 0 Å². The molecule has 2 heterocycles. The molecule has 0 radical (unpaired) electrons. The molecule has 0 unspecified atom stereocenters. The van der Waals surface area contributed by atoms with Crippen molar-refractivity contribution in [3.05, 3.63) is 34.3 Å². The summed E-state index contributed by atoms with van der Waals surface area (Å²) in [4.78, 5) is 15.8. The second-order valence-corrected chi connectivity index (χ2v) is 7.72. The Morgan fingerprint density at radius 2 is 1.61 bits per heavy atom. The van der Waals surface area contributed by atoms with Crippen molar-refractivity contribution < 1.29 is 14.2 Å². The van der Waals surface area contributed by atoms with Crippen LogP contribution in [0, 0.1) is 0 Å². The van der Waals surface area contributed by atoms with Gasteiger partial charge in [0, 0.05) is 37.2 Å². The van der Waals surface area contributed by atoms with Gasteiger partial charge in [0.15, 0.2) is 0 Å². The fourth-order valence-corrected chi connectivity index (χ4v) is 3.12. The van der Waals surface area contributed by atoms with Crippen LogP contribution in [0.1, 0.15) is 5.56 Å². The summed E-state index contributed by atoms with van der Waals surface area (Å²) in [6, 6.07) is 8.12. The molecule has 1 aromatic carbocycles. The Morgan fingerprint density at radius 1 is 0.935 bits per heavy atom. The third-order valence-corrected chi connectivity index (χ3v) is 4.97. The zero-order chi connectivity index (χ0) is 21.7. The fourth-order valence-electron chi connectivity index (χ4n) is 2.85. The second-order valence-electron chi connectivity index (χ2n) is 6.80. The first-order valence-electron chi connectivity index (χ1n) is 10.4. The van der Waals surface area contributed by atoms with E-state index in [2.05, 4.69) is 58.5 Å². The molecular formula is C20H30BrN7O3. The van der Waals surface area contributed by atoms with E-state index >= 15 is 0 Å². The van der Waals surface area contributed by atoms with E-state index in [1.54, 1.807) is 0 Å². The molecule has 0 bridgehead atoms. The standard InChI is InChI=1S/C20H30BrN7O3/c21-17-3-1-16(2-4-17)15-24-19-25-18(23-6-10-30-14-13-29-9-5-22)26-20(27-19)28-7-11-31-12-8-28/h1-4H,5-15,22H2,(H2,23,24,25,26,27). The average Bonchev–Trinajstić information content (AvgIpc) is 2.81. The summed E-state index contributed by atoms with van der Waals surface area (Å²) in [5.41, 5.74) is 6.52. The quantitative estimate of drug-likeness (QED) is 0.352. The van der Waals surface area contributed by atoms with Crippen LogP contribution < -0.4 is 21.3 Å². The van der Waals surface area contributed by atoms with Crippen LogP contribution >= 0.6 is 15.9 Å². The lowest BCUT2D eigenvalue weighted by molar-refractivity contribution is 0.0547. The molecule has 1 aliphatic heterocycles. The molecule has 1 fully saturated rings. The van der Waals surface area contributed by atoms with Crippen LogP contribution in [-0.2, 0) is 20.8 Å². The molecule has 10 nitrogen and oxygen atoms in total. The molecule has 1 aromatic heterocycles. The van der Waals surface area contributed by atoms with Crippen molar-refractivity contribution in [1.29, 1.82) is 0 Å². The summed E-state index contributed by atoms with van der Waals surface area (Å²) >= 11 is 3.46. The van der Waals surface area contributed by atoms with Crippen LogP contribution in [0.2, 0.25) is 0 Å². The Morgan fingerprint density at radius 3 is 2.32 bits per heavy atom.